The van der Waals surface area contributed by atoms with E-state index in [-0.39, 0.29) is 17.1 Å². The summed E-state index contributed by atoms with van der Waals surface area (Å²) in [7, 11) is 1.94. The second kappa shape index (κ2) is 6.30. The number of amides is 2. The van der Waals surface area contributed by atoms with Gasteiger partial charge in [0.2, 0.25) is 5.91 Å². The first-order valence-electron chi connectivity index (χ1n) is 7.64. The van der Waals surface area contributed by atoms with E-state index in [2.05, 4.69) is 10.6 Å². The topological polar surface area (TPSA) is 61.4 Å². The van der Waals surface area contributed by atoms with Crippen LogP contribution in [-0.2, 0) is 4.79 Å². The summed E-state index contributed by atoms with van der Waals surface area (Å²) < 4.78 is 0. The SMILES string of the molecule is CNC[C@H]1CCN(C(=O)c2ccc3c(c2)NC(=O)[C@@H](C)S3)C1. The molecule has 1 aromatic rings. The van der Waals surface area contributed by atoms with Gasteiger partial charge in [-0.05, 0) is 51.1 Å². The molecule has 0 bridgehead atoms. The normalized spacial score (nSPS) is 24.1. The van der Waals surface area contributed by atoms with Gasteiger partial charge in [0.05, 0.1) is 10.9 Å². The van der Waals surface area contributed by atoms with Gasteiger partial charge in [-0.2, -0.15) is 0 Å². The molecule has 2 atom stereocenters. The Bertz CT molecular complexity index is 605. The zero-order valence-electron chi connectivity index (χ0n) is 12.9. The molecule has 2 aliphatic heterocycles. The lowest BCUT2D eigenvalue weighted by Gasteiger charge is -2.23. The number of nitrogens with one attached hydrogen (secondary N) is 2. The molecule has 1 saturated heterocycles. The Kier molecular flexibility index (Phi) is 4.40. The lowest BCUT2D eigenvalue weighted by Crippen LogP contribution is -2.31. The fraction of sp³-hybridized carbons (Fsp3) is 0.500. The summed E-state index contributed by atoms with van der Waals surface area (Å²) >= 11 is 1.53. The van der Waals surface area contributed by atoms with Crippen LogP contribution in [0.3, 0.4) is 0 Å². The van der Waals surface area contributed by atoms with Crippen LogP contribution in [0.2, 0.25) is 0 Å². The second-order valence-electron chi connectivity index (χ2n) is 5.92. The molecule has 5 nitrogen and oxygen atoms in total. The Morgan fingerprint density at radius 1 is 1.50 bits per heavy atom. The van der Waals surface area contributed by atoms with E-state index in [1.165, 1.54) is 11.8 Å². The third-order valence-electron chi connectivity index (χ3n) is 4.22. The monoisotopic (exact) mass is 319 g/mol. The first-order chi connectivity index (χ1) is 10.6. The number of benzene rings is 1. The highest BCUT2D eigenvalue weighted by atomic mass is 32.2. The number of thioether (sulfide) groups is 1. The highest BCUT2D eigenvalue weighted by molar-refractivity contribution is 8.00. The van der Waals surface area contributed by atoms with E-state index < -0.39 is 0 Å². The third-order valence-corrected chi connectivity index (χ3v) is 5.40. The van der Waals surface area contributed by atoms with Gasteiger partial charge in [0.25, 0.3) is 5.91 Å². The van der Waals surface area contributed by atoms with Crippen LogP contribution < -0.4 is 10.6 Å². The molecule has 0 spiro atoms. The van der Waals surface area contributed by atoms with Gasteiger partial charge in [-0.1, -0.05) is 0 Å². The van der Waals surface area contributed by atoms with Gasteiger partial charge in [0, 0.05) is 23.5 Å². The number of likely N-dealkylation sites (tertiary alicyclic amines) is 1. The van der Waals surface area contributed by atoms with Crippen LogP contribution in [0.5, 0.6) is 0 Å². The van der Waals surface area contributed by atoms with Crippen LogP contribution in [0.25, 0.3) is 0 Å². The summed E-state index contributed by atoms with van der Waals surface area (Å²) in [5, 5.41) is 5.97. The smallest absolute Gasteiger partial charge is 0.253 e. The van der Waals surface area contributed by atoms with Gasteiger partial charge < -0.3 is 15.5 Å². The van der Waals surface area contributed by atoms with E-state index in [9.17, 15) is 9.59 Å². The maximum Gasteiger partial charge on any atom is 0.253 e. The maximum atomic E-state index is 12.6. The average molecular weight is 319 g/mol. The number of nitrogens with zero attached hydrogens (tertiary/aromatic N) is 1. The minimum Gasteiger partial charge on any atom is -0.338 e. The van der Waals surface area contributed by atoms with E-state index in [1.54, 1.807) is 6.07 Å². The number of hydrogen-bond donors (Lipinski definition) is 2. The molecule has 2 amide bonds. The average Bonchev–Trinajstić information content (AvgIpc) is 2.96. The molecule has 1 fully saturated rings. The van der Waals surface area contributed by atoms with Crippen molar-refractivity contribution in [3.8, 4) is 0 Å². The number of carbonyl (C=O) groups is 2. The van der Waals surface area contributed by atoms with Crippen molar-refractivity contribution < 1.29 is 9.59 Å². The lowest BCUT2D eigenvalue weighted by molar-refractivity contribution is -0.115. The Morgan fingerprint density at radius 3 is 3.09 bits per heavy atom. The van der Waals surface area contributed by atoms with E-state index in [1.807, 2.05) is 31.0 Å². The van der Waals surface area contributed by atoms with Crippen molar-refractivity contribution in [1.29, 1.82) is 0 Å². The van der Waals surface area contributed by atoms with Crippen molar-refractivity contribution in [3.05, 3.63) is 23.8 Å². The predicted molar refractivity (Wildman–Crippen MR) is 88.3 cm³/mol. The standard InChI is InChI=1S/C16H21N3O2S/c1-10-15(20)18-13-7-12(3-4-14(13)22-10)16(21)19-6-5-11(9-19)8-17-2/h3-4,7,10-11,17H,5-6,8-9H2,1-2H3,(H,18,20)/t10-,11-/m1/s1. The van der Waals surface area contributed by atoms with Gasteiger partial charge in [-0.3, -0.25) is 9.59 Å². The quantitative estimate of drug-likeness (QED) is 0.892. The number of anilines is 1. The van der Waals surface area contributed by atoms with Crippen molar-refractivity contribution in [2.24, 2.45) is 5.92 Å². The largest absolute Gasteiger partial charge is 0.338 e. The summed E-state index contributed by atoms with van der Waals surface area (Å²) in [5.74, 6) is 0.583. The minimum absolute atomic E-state index is 0.00245. The summed E-state index contributed by atoms with van der Waals surface area (Å²) in [6.07, 6.45) is 1.04. The first-order valence-corrected chi connectivity index (χ1v) is 8.52. The molecule has 2 aliphatic rings. The van der Waals surface area contributed by atoms with Crippen molar-refractivity contribution in [1.82, 2.24) is 10.2 Å². The van der Waals surface area contributed by atoms with Crippen LogP contribution in [-0.4, -0.2) is 48.6 Å². The van der Waals surface area contributed by atoms with Crippen molar-refractivity contribution in [3.63, 3.8) is 0 Å². The maximum absolute atomic E-state index is 12.6. The van der Waals surface area contributed by atoms with E-state index in [0.29, 0.717) is 11.5 Å². The van der Waals surface area contributed by atoms with Crippen LogP contribution >= 0.6 is 11.8 Å². The van der Waals surface area contributed by atoms with E-state index in [4.69, 9.17) is 0 Å². The molecular formula is C16H21N3O2S. The van der Waals surface area contributed by atoms with Gasteiger partial charge in [-0.25, -0.2) is 0 Å². The fourth-order valence-corrected chi connectivity index (χ4v) is 3.93. The number of carbonyl (C=O) groups excluding carboxylic acids is 2. The zero-order valence-corrected chi connectivity index (χ0v) is 13.7. The molecule has 0 saturated carbocycles. The van der Waals surface area contributed by atoms with E-state index in [0.717, 1.165) is 36.6 Å². The molecule has 22 heavy (non-hydrogen) atoms. The van der Waals surface area contributed by atoms with Gasteiger partial charge in [0.1, 0.15) is 0 Å². The Hall–Kier alpha value is -1.53. The minimum atomic E-state index is -0.0880. The first kappa shape index (κ1) is 15.4. The molecule has 2 N–H and O–H groups in total. The molecular weight excluding hydrogens is 298 g/mol. The number of rotatable bonds is 3. The zero-order chi connectivity index (χ0) is 15.7. The van der Waals surface area contributed by atoms with Crippen LogP contribution in [0, 0.1) is 5.92 Å². The molecule has 0 aromatic heterocycles. The number of hydrogen-bond acceptors (Lipinski definition) is 4. The van der Waals surface area contributed by atoms with Gasteiger partial charge in [0.15, 0.2) is 0 Å². The van der Waals surface area contributed by atoms with Crippen LogP contribution in [0.4, 0.5) is 5.69 Å². The predicted octanol–water partition coefficient (Wildman–Crippen LogP) is 1.80. The van der Waals surface area contributed by atoms with Crippen molar-refractivity contribution >= 4 is 29.3 Å². The molecule has 3 rings (SSSR count). The van der Waals surface area contributed by atoms with Crippen LogP contribution in [0.15, 0.2) is 23.1 Å². The van der Waals surface area contributed by atoms with Crippen molar-refractivity contribution in [2.45, 2.75) is 23.5 Å². The molecule has 6 heteroatoms. The Labute approximate surface area is 134 Å². The fourth-order valence-electron chi connectivity index (χ4n) is 3.00. The van der Waals surface area contributed by atoms with Gasteiger partial charge in [-0.15, -0.1) is 11.8 Å². The summed E-state index contributed by atoms with van der Waals surface area (Å²) in [6.45, 7) is 4.43. The third kappa shape index (κ3) is 2.98. The molecule has 1 aromatic carbocycles. The molecule has 2 heterocycles. The highest BCUT2D eigenvalue weighted by Gasteiger charge is 2.28. The summed E-state index contributed by atoms with van der Waals surface area (Å²) in [4.78, 5) is 27.3. The molecule has 118 valence electrons. The van der Waals surface area contributed by atoms with Crippen molar-refractivity contribution in [2.75, 3.05) is 32.0 Å². The summed E-state index contributed by atoms with van der Waals surface area (Å²) in [5.41, 5.74) is 1.41. The summed E-state index contributed by atoms with van der Waals surface area (Å²) in [6, 6.07) is 5.61. The molecule has 0 radical (unpaired) electrons. The number of fused-ring (bicyclic) bond motifs is 1. The highest BCUT2D eigenvalue weighted by Crippen LogP contribution is 2.36. The van der Waals surface area contributed by atoms with Gasteiger partial charge >= 0.3 is 0 Å². The second-order valence-corrected chi connectivity index (χ2v) is 7.31. The van der Waals surface area contributed by atoms with E-state index >= 15 is 0 Å². The Morgan fingerprint density at radius 2 is 2.32 bits per heavy atom. The molecule has 0 unspecified atom stereocenters. The van der Waals surface area contributed by atoms with Crippen LogP contribution in [0.1, 0.15) is 23.7 Å². The Balaban J connectivity index is 1.74. The lowest BCUT2D eigenvalue weighted by atomic mass is 10.1. The molecule has 0 aliphatic carbocycles.